The third kappa shape index (κ3) is 6.11. The molecule has 2 aliphatic rings. The summed E-state index contributed by atoms with van der Waals surface area (Å²) in [6.45, 7) is 4.56. The maximum atomic E-state index is 12.8. The van der Waals surface area contributed by atoms with Gasteiger partial charge in [-0.1, -0.05) is 49.8 Å². The van der Waals surface area contributed by atoms with Gasteiger partial charge in [0.25, 0.3) is 0 Å². The molecule has 2 aromatic rings. The molecule has 0 bridgehead atoms. The highest BCUT2D eigenvalue weighted by atomic mass is 35.5. The van der Waals surface area contributed by atoms with Crippen molar-refractivity contribution in [2.45, 2.75) is 77.3 Å². The number of benzene rings is 1. The molecule has 4 rings (SSSR count). The van der Waals surface area contributed by atoms with Gasteiger partial charge in [0.15, 0.2) is 0 Å². The summed E-state index contributed by atoms with van der Waals surface area (Å²) >= 11 is 6.10. The van der Waals surface area contributed by atoms with E-state index in [0.717, 1.165) is 62.3 Å². The number of amides is 1. The summed E-state index contributed by atoms with van der Waals surface area (Å²) in [5.41, 5.74) is 1.86. The standard InChI is InChI=1S/C25H34ClN3O2/c1-18-23(28-25(31-18)20-8-7-9-21(26)16-20)17-29-14-12-19(13-15-29)24(30)27-22-10-5-3-2-4-6-11-22/h7-9,16,19,22H,2-6,10-15,17H2,1H3,(H,27,30). The van der Waals surface area contributed by atoms with Gasteiger partial charge in [-0.15, -0.1) is 0 Å². The molecule has 1 aromatic heterocycles. The van der Waals surface area contributed by atoms with E-state index in [2.05, 4.69) is 10.2 Å². The zero-order chi connectivity index (χ0) is 21.6. The molecular formula is C25H34ClN3O2. The molecule has 1 aliphatic carbocycles. The lowest BCUT2D eigenvalue weighted by molar-refractivity contribution is -0.127. The van der Waals surface area contributed by atoms with E-state index in [0.29, 0.717) is 17.0 Å². The van der Waals surface area contributed by atoms with Gasteiger partial charge < -0.3 is 9.73 Å². The molecule has 0 unspecified atom stereocenters. The first-order valence-electron chi connectivity index (χ1n) is 11.8. The highest BCUT2D eigenvalue weighted by molar-refractivity contribution is 6.30. The number of aryl methyl sites for hydroxylation is 1. The lowest BCUT2D eigenvalue weighted by Crippen LogP contribution is -2.43. The third-order valence-electron chi connectivity index (χ3n) is 6.75. The second-order valence-corrected chi connectivity index (χ2v) is 9.57. The van der Waals surface area contributed by atoms with E-state index in [1.54, 1.807) is 0 Å². The maximum absolute atomic E-state index is 12.8. The van der Waals surface area contributed by atoms with Crippen LogP contribution in [0.1, 0.15) is 69.2 Å². The molecule has 0 radical (unpaired) electrons. The van der Waals surface area contributed by atoms with Crippen LogP contribution in [0.2, 0.25) is 5.02 Å². The number of piperidine rings is 1. The zero-order valence-electron chi connectivity index (χ0n) is 18.5. The second kappa shape index (κ2) is 10.6. The number of carbonyl (C=O) groups is 1. The Kier molecular flexibility index (Phi) is 7.67. The molecule has 168 valence electrons. The molecule has 6 heteroatoms. The molecule has 0 atom stereocenters. The molecular weight excluding hydrogens is 410 g/mol. The summed E-state index contributed by atoms with van der Waals surface area (Å²) < 4.78 is 5.90. The number of hydrogen-bond donors (Lipinski definition) is 1. The number of carbonyl (C=O) groups excluding carboxylic acids is 1. The number of nitrogens with zero attached hydrogens (tertiary/aromatic N) is 2. The van der Waals surface area contributed by atoms with Crippen molar-refractivity contribution in [3.63, 3.8) is 0 Å². The number of hydrogen-bond acceptors (Lipinski definition) is 4. The summed E-state index contributed by atoms with van der Waals surface area (Å²) in [7, 11) is 0. The highest BCUT2D eigenvalue weighted by Crippen LogP contribution is 2.26. The van der Waals surface area contributed by atoms with Crippen molar-refractivity contribution in [3.05, 3.63) is 40.7 Å². The normalized spacial score (nSPS) is 19.7. The fraction of sp³-hybridized carbons (Fsp3) is 0.600. The van der Waals surface area contributed by atoms with E-state index in [1.807, 2.05) is 31.2 Å². The number of oxazole rings is 1. The monoisotopic (exact) mass is 443 g/mol. The molecule has 2 heterocycles. The van der Waals surface area contributed by atoms with E-state index >= 15 is 0 Å². The van der Waals surface area contributed by atoms with Gasteiger partial charge in [0.2, 0.25) is 11.8 Å². The van der Waals surface area contributed by atoms with Gasteiger partial charge in [-0.05, 0) is 63.9 Å². The molecule has 31 heavy (non-hydrogen) atoms. The minimum Gasteiger partial charge on any atom is -0.441 e. The van der Waals surface area contributed by atoms with E-state index in [9.17, 15) is 4.79 Å². The predicted molar refractivity (Wildman–Crippen MR) is 124 cm³/mol. The summed E-state index contributed by atoms with van der Waals surface area (Å²) in [5.74, 6) is 1.87. The van der Waals surface area contributed by atoms with E-state index in [1.165, 1.54) is 32.1 Å². The Balaban J connectivity index is 1.28. The van der Waals surface area contributed by atoms with Gasteiger partial charge >= 0.3 is 0 Å². The smallest absolute Gasteiger partial charge is 0.226 e. The minimum absolute atomic E-state index is 0.141. The summed E-state index contributed by atoms with van der Waals surface area (Å²) in [6.07, 6.45) is 10.6. The van der Waals surface area contributed by atoms with Gasteiger partial charge in [-0.2, -0.15) is 0 Å². The van der Waals surface area contributed by atoms with Crippen LogP contribution in [0.3, 0.4) is 0 Å². The molecule has 0 spiro atoms. The van der Waals surface area contributed by atoms with Crippen LogP contribution in [-0.4, -0.2) is 34.9 Å². The zero-order valence-corrected chi connectivity index (χ0v) is 19.3. The fourth-order valence-electron chi connectivity index (χ4n) is 4.80. The van der Waals surface area contributed by atoms with Gasteiger partial charge in [0, 0.05) is 29.1 Å². The summed E-state index contributed by atoms with van der Waals surface area (Å²) in [6, 6.07) is 7.97. The molecule has 1 aliphatic heterocycles. The number of likely N-dealkylation sites (tertiary alicyclic amines) is 1. The lowest BCUT2D eigenvalue weighted by atomic mass is 9.93. The fourth-order valence-corrected chi connectivity index (χ4v) is 4.99. The highest BCUT2D eigenvalue weighted by Gasteiger charge is 2.27. The topological polar surface area (TPSA) is 58.4 Å². The van der Waals surface area contributed by atoms with Crippen molar-refractivity contribution in [1.29, 1.82) is 0 Å². The number of halogens is 1. The van der Waals surface area contributed by atoms with Crippen LogP contribution in [-0.2, 0) is 11.3 Å². The first-order valence-corrected chi connectivity index (χ1v) is 12.2. The van der Waals surface area contributed by atoms with Crippen molar-refractivity contribution in [3.8, 4) is 11.5 Å². The van der Waals surface area contributed by atoms with Crippen molar-refractivity contribution >= 4 is 17.5 Å². The summed E-state index contributed by atoms with van der Waals surface area (Å²) in [4.78, 5) is 19.9. The van der Waals surface area contributed by atoms with Gasteiger partial charge in [0.05, 0.1) is 5.69 Å². The molecule has 1 N–H and O–H groups in total. The van der Waals surface area contributed by atoms with Crippen LogP contribution in [0.4, 0.5) is 0 Å². The predicted octanol–water partition coefficient (Wildman–Crippen LogP) is 5.74. The van der Waals surface area contributed by atoms with Crippen molar-refractivity contribution in [2.24, 2.45) is 5.92 Å². The quantitative estimate of drug-likeness (QED) is 0.639. The summed E-state index contributed by atoms with van der Waals surface area (Å²) in [5, 5.41) is 4.04. The van der Waals surface area contributed by atoms with Gasteiger partial charge in [-0.25, -0.2) is 4.98 Å². The minimum atomic E-state index is 0.141. The Morgan fingerprint density at radius 3 is 2.55 bits per heavy atom. The largest absolute Gasteiger partial charge is 0.441 e. The Labute approximate surface area is 190 Å². The average Bonchev–Trinajstić information content (AvgIpc) is 3.11. The Hall–Kier alpha value is -1.85. The average molecular weight is 444 g/mol. The van der Waals surface area contributed by atoms with Crippen LogP contribution < -0.4 is 5.32 Å². The third-order valence-corrected chi connectivity index (χ3v) is 6.98. The lowest BCUT2D eigenvalue weighted by Gasteiger charge is -2.32. The van der Waals surface area contributed by atoms with Crippen LogP contribution in [0.25, 0.3) is 11.5 Å². The molecule has 1 amide bonds. The van der Waals surface area contributed by atoms with Gasteiger partial charge in [-0.3, -0.25) is 9.69 Å². The number of aromatic nitrogens is 1. The maximum Gasteiger partial charge on any atom is 0.226 e. The van der Waals surface area contributed by atoms with Crippen LogP contribution in [0.5, 0.6) is 0 Å². The first-order chi connectivity index (χ1) is 15.1. The van der Waals surface area contributed by atoms with Crippen molar-refractivity contribution < 1.29 is 9.21 Å². The van der Waals surface area contributed by atoms with Crippen LogP contribution in [0, 0.1) is 12.8 Å². The first kappa shape index (κ1) is 22.3. The van der Waals surface area contributed by atoms with Crippen molar-refractivity contribution in [1.82, 2.24) is 15.2 Å². The number of nitrogens with one attached hydrogen (secondary N) is 1. The molecule has 2 fully saturated rings. The second-order valence-electron chi connectivity index (χ2n) is 9.13. The Bertz CT molecular complexity index is 865. The molecule has 1 aromatic carbocycles. The SMILES string of the molecule is Cc1oc(-c2cccc(Cl)c2)nc1CN1CCC(C(=O)NC2CCCCCCC2)CC1. The molecule has 1 saturated carbocycles. The Morgan fingerprint density at radius 2 is 1.84 bits per heavy atom. The van der Waals surface area contributed by atoms with E-state index in [-0.39, 0.29) is 11.8 Å². The molecule has 5 nitrogen and oxygen atoms in total. The van der Waals surface area contributed by atoms with E-state index < -0.39 is 0 Å². The Morgan fingerprint density at radius 1 is 1.13 bits per heavy atom. The van der Waals surface area contributed by atoms with Crippen LogP contribution >= 0.6 is 11.6 Å². The van der Waals surface area contributed by atoms with Gasteiger partial charge in [0.1, 0.15) is 5.76 Å². The number of rotatable bonds is 5. The van der Waals surface area contributed by atoms with Crippen molar-refractivity contribution in [2.75, 3.05) is 13.1 Å². The molecule has 1 saturated heterocycles. The van der Waals surface area contributed by atoms with E-state index in [4.69, 9.17) is 21.0 Å². The van der Waals surface area contributed by atoms with Crippen LogP contribution in [0.15, 0.2) is 28.7 Å².